The second-order valence-corrected chi connectivity index (χ2v) is 5.59. The largest absolute Gasteiger partial charge is 0.353 e. The average molecular weight is 256 g/mol. The molecule has 0 radical (unpaired) electrons. The highest BCUT2D eigenvalue weighted by atomic mass is 15.2. The number of hydrogen-bond acceptors (Lipinski definition) is 4. The van der Waals surface area contributed by atoms with Crippen molar-refractivity contribution in [3.05, 3.63) is 22.9 Å². The van der Waals surface area contributed by atoms with Crippen LogP contribution >= 0.6 is 0 Å². The van der Waals surface area contributed by atoms with Crippen LogP contribution in [0.4, 0.5) is 5.82 Å². The molecule has 1 aliphatic heterocycles. The van der Waals surface area contributed by atoms with E-state index in [9.17, 15) is 5.26 Å². The smallest absolute Gasteiger partial charge is 0.146 e. The number of nitrogens with zero attached hydrogens (tertiary/aromatic N) is 3. The van der Waals surface area contributed by atoms with Gasteiger partial charge in [-0.15, -0.1) is 0 Å². The lowest BCUT2D eigenvalue weighted by Gasteiger charge is -2.34. The van der Waals surface area contributed by atoms with E-state index >= 15 is 0 Å². The number of aromatic nitrogens is 1. The number of hydrogen-bond donors (Lipinski definition) is 1. The van der Waals surface area contributed by atoms with E-state index in [0.717, 1.165) is 43.9 Å². The molecule has 0 bridgehead atoms. The molecule has 0 amide bonds. The van der Waals surface area contributed by atoms with Crippen LogP contribution < -0.4 is 10.2 Å². The molecule has 3 rings (SSSR count). The SMILES string of the molecule is CC1CN(c2nc3c(cc2C#N)CCCC3)CCN1. The minimum Gasteiger partial charge on any atom is -0.353 e. The van der Waals surface area contributed by atoms with Crippen LogP contribution in [0.5, 0.6) is 0 Å². The quantitative estimate of drug-likeness (QED) is 0.829. The monoisotopic (exact) mass is 256 g/mol. The van der Waals surface area contributed by atoms with Crippen molar-refractivity contribution in [1.29, 1.82) is 5.26 Å². The highest BCUT2D eigenvalue weighted by molar-refractivity contribution is 5.57. The van der Waals surface area contributed by atoms with Crippen molar-refractivity contribution in [3.63, 3.8) is 0 Å². The Hall–Kier alpha value is -1.60. The molecule has 4 heteroatoms. The van der Waals surface area contributed by atoms with E-state index in [1.54, 1.807) is 0 Å². The molecule has 1 N–H and O–H groups in total. The lowest BCUT2D eigenvalue weighted by Crippen LogP contribution is -2.49. The van der Waals surface area contributed by atoms with Gasteiger partial charge >= 0.3 is 0 Å². The van der Waals surface area contributed by atoms with Crippen LogP contribution in [0.1, 0.15) is 36.6 Å². The van der Waals surface area contributed by atoms with Crippen molar-refractivity contribution in [2.24, 2.45) is 0 Å². The molecule has 1 fully saturated rings. The number of aryl methyl sites for hydroxylation is 2. The van der Waals surface area contributed by atoms with E-state index < -0.39 is 0 Å². The van der Waals surface area contributed by atoms with E-state index in [-0.39, 0.29) is 0 Å². The Labute approximate surface area is 114 Å². The van der Waals surface area contributed by atoms with Gasteiger partial charge in [-0.3, -0.25) is 0 Å². The summed E-state index contributed by atoms with van der Waals surface area (Å²) in [6.45, 7) is 5.01. The lowest BCUT2D eigenvalue weighted by atomic mass is 9.94. The Balaban J connectivity index is 1.97. The summed E-state index contributed by atoms with van der Waals surface area (Å²) in [7, 11) is 0. The van der Waals surface area contributed by atoms with Crippen molar-refractivity contribution in [3.8, 4) is 6.07 Å². The first kappa shape index (κ1) is 12.4. The molecule has 2 heterocycles. The van der Waals surface area contributed by atoms with Crippen LogP contribution in [0.2, 0.25) is 0 Å². The zero-order valence-corrected chi connectivity index (χ0v) is 11.4. The molecule has 0 saturated carbocycles. The van der Waals surface area contributed by atoms with Crippen LogP contribution in [0, 0.1) is 11.3 Å². The fraction of sp³-hybridized carbons (Fsp3) is 0.600. The number of rotatable bonds is 1. The Morgan fingerprint density at radius 3 is 3.05 bits per heavy atom. The van der Waals surface area contributed by atoms with E-state index in [1.165, 1.54) is 24.1 Å². The molecule has 0 aromatic carbocycles. The van der Waals surface area contributed by atoms with Gasteiger partial charge in [0.25, 0.3) is 0 Å². The van der Waals surface area contributed by atoms with Gasteiger partial charge in [-0.05, 0) is 44.2 Å². The minimum atomic E-state index is 0.457. The van der Waals surface area contributed by atoms with Crippen molar-refractivity contribution >= 4 is 5.82 Å². The Morgan fingerprint density at radius 2 is 2.26 bits per heavy atom. The number of nitriles is 1. The average Bonchev–Trinajstić information content (AvgIpc) is 2.46. The summed E-state index contributed by atoms with van der Waals surface area (Å²) in [4.78, 5) is 7.08. The van der Waals surface area contributed by atoms with Crippen molar-refractivity contribution in [2.75, 3.05) is 24.5 Å². The lowest BCUT2D eigenvalue weighted by molar-refractivity contribution is 0.481. The minimum absolute atomic E-state index is 0.457. The van der Waals surface area contributed by atoms with Gasteiger partial charge in [-0.1, -0.05) is 0 Å². The molecular weight excluding hydrogens is 236 g/mol. The van der Waals surface area contributed by atoms with Gasteiger partial charge in [-0.2, -0.15) is 5.26 Å². The van der Waals surface area contributed by atoms with Crippen LogP contribution in [0.3, 0.4) is 0 Å². The fourth-order valence-electron chi connectivity index (χ4n) is 3.07. The maximum atomic E-state index is 9.38. The maximum Gasteiger partial charge on any atom is 0.146 e. The molecule has 1 aliphatic carbocycles. The van der Waals surface area contributed by atoms with Gasteiger partial charge in [0, 0.05) is 31.4 Å². The second-order valence-electron chi connectivity index (χ2n) is 5.59. The third-order valence-electron chi connectivity index (χ3n) is 4.07. The topological polar surface area (TPSA) is 52.0 Å². The van der Waals surface area contributed by atoms with Gasteiger partial charge in [-0.25, -0.2) is 4.98 Å². The molecular formula is C15H20N4. The van der Waals surface area contributed by atoms with Gasteiger partial charge in [0.2, 0.25) is 0 Å². The molecule has 0 spiro atoms. The number of pyridine rings is 1. The van der Waals surface area contributed by atoms with Crippen molar-refractivity contribution in [2.45, 2.75) is 38.6 Å². The second kappa shape index (κ2) is 5.18. The van der Waals surface area contributed by atoms with Crippen LogP contribution in [0.25, 0.3) is 0 Å². The third kappa shape index (κ3) is 2.43. The Morgan fingerprint density at radius 1 is 1.42 bits per heavy atom. The van der Waals surface area contributed by atoms with Gasteiger partial charge in [0.1, 0.15) is 11.9 Å². The molecule has 2 aliphatic rings. The number of nitrogens with one attached hydrogen (secondary N) is 1. The van der Waals surface area contributed by atoms with Crippen molar-refractivity contribution in [1.82, 2.24) is 10.3 Å². The summed E-state index contributed by atoms with van der Waals surface area (Å²) in [6.07, 6.45) is 4.60. The van der Waals surface area contributed by atoms with E-state index in [0.29, 0.717) is 6.04 Å². The highest BCUT2D eigenvalue weighted by Gasteiger charge is 2.22. The molecule has 1 saturated heterocycles. The molecule has 1 aromatic rings. The summed E-state index contributed by atoms with van der Waals surface area (Å²) >= 11 is 0. The molecule has 4 nitrogen and oxygen atoms in total. The predicted molar refractivity (Wildman–Crippen MR) is 75.3 cm³/mol. The first-order valence-corrected chi connectivity index (χ1v) is 7.19. The van der Waals surface area contributed by atoms with E-state index in [4.69, 9.17) is 4.98 Å². The molecule has 1 unspecified atom stereocenters. The first-order chi connectivity index (χ1) is 9.28. The zero-order chi connectivity index (χ0) is 13.2. The summed E-state index contributed by atoms with van der Waals surface area (Å²) in [6, 6.07) is 4.86. The Kier molecular flexibility index (Phi) is 3.39. The van der Waals surface area contributed by atoms with E-state index in [2.05, 4.69) is 29.3 Å². The molecule has 100 valence electrons. The maximum absolute atomic E-state index is 9.38. The van der Waals surface area contributed by atoms with Crippen LogP contribution in [-0.4, -0.2) is 30.7 Å². The molecule has 19 heavy (non-hydrogen) atoms. The summed E-state index contributed by atoms with van der Waals surface area (Å²) in [5, 5.41) is 12.8. The predicted octanol–water partition coefficient (Wildman–Crippen LogP) is 1.63. The highest BCUT2D eigenvalue weighted by Crippen LogP contribution is 2.26. The summed E-state index contributed by atoms with van der Waals surface area (Å²) in [5.74, 6) is 0.900. The fourth-order valence-corrected chi connectivity index (χ4v) is 3.07. The van der Waals surface area contributed by atoms with Crippen molar-refractivity contribution < 1.29 is 0 Å². The van der Waals surface area contributed by atoms with Gasteiger partial charge < -0.3 is 10.2 Å². The third-order valence-corrected chi connectivity index (χ3v) is 4.07. The van der Waals surface area contributed by atoms with Crippen LogP contribution in [-0.2, 0) is 12.8 Å². The first-order valence-electron chi connectivity index (χ1n) is 7.19. The standard InChI is InChI=1S/C15H20N4/c1-11-10-19(7-6-17-11)15-13(9-16)8-12-4-2-3-5-14(12)18-15/h8,11,17H,2-7,10H2,1H3. The summed E-state index contributed by atoms with van der Waals surface area (Å²) < 4.78 is 0. The van der Waals surface area contributed by atoms with Gasteiger partial charge in [0.05, 0.1) is 5.56 Å². The van der Waals surface area contributed by atoms with Crippen LogP contribution in [0.15, 0.2) is 6.07 Å². The van der Waals surface area contributed by atoms with Gasteiger partial charge in [0.15, 0.2) is 0 Å². The molecule has 1 atom stereocenters. The van der Waals surface area contributed by atoms with E-state index in [1.807, 2.05) is 0 Å². The zero-order valence-electron chi connectivity index (χ0n) is 11.4. The molecule has 1 aromatic heterocycles. The summed E-state index contributed by atoms with van der Waals surface area (Å²) in [5.41, 5.74) is 3.25. The Bertz CT molecular complexity index is 518. The normalized spacial score (nSPS) is 22.7. The number of fused-ring (bicyclic) bond motifs is 1. The number of anilines is 1. The number of piperazine rings is 1.